The van der Waals surface area contributed by atoms with Crippen LogP contribution in [-0.4, -0.2) is 24.5 Å². The van der Waals surface area contributed by atoms with Crippen LogP contribution in [0.1, 0.15) is 33.1 Å². The minimum atomic E-state index is -0.0404. The average Bonchev–Trinajstić information content (AvgIpc) is 2.83. The molecule has 104 valence electrons. The van der Waals surface area contributed by atoms with Gasteiger partial charge in [-0.05, 0) is 57.0 Å². The van der Waals surface area contributed by atoms with E-state index in [-0.39, 0.29) is 5.91 Å². The van der Waals surface area contributed by atoms with Crippen LogP contribution in [0, 0.1) is 0 Å². The molecule has 1 heterocycles. The third-order valence-electron chi connectivity index (χ3n) is 3.42. The highest BCUT2D eigenvalue weighted by Crippen LogP contribution is 2.17. The van der Waals surface area contributed by atoms with Gasteiger partial charge in [0, 0.05) is 30.4 Å². The fourth-order valence-electron chi connectivity index (χ4n) is 2.58. The first-order valence-electron chi connectivity index (χ1n) is 7.01. The quantitative estimate of drug-likeness (QED) is 0.763. The maximum absolute atomic E-state index is 10.9. The van der Waals surface area contributed by atoms with Gasteiger partial charge in [-0.1, -0.05) is 0 Å². The van der Waals surface area contributed by atoms with Gasteiger partial charge in [-0.15, -0.1) is 0 Å². The molecule has 0 aliphatic carbocycles. The van der Waals surface area contributed by atoms with Crippen molar-refractivity contribution in [2.45, 2.75) is 45.2 Å². The molecule has 0 saturated carbocycles. The van der Waals surface area contributed by atoms with Crippen LogP contribution in [0.2, 0.25) is 0 Å². The molecule has 1 amide bonds. The van der Waals surface area contributed by atoms with Crippen LogP contribution in [-0.2, 0) is 4.79 Å². The highest BCUT2D eigenvalue weighted by atomic mass is 16.1. The molecule has 1 fully saturated rings. The van der Waals surface area contributed by atoms with Gasteiger partial charge in [0.1, 0.15) is 0 Å². The highest BCUT2D eigenvalue weighted by molar-refractivity contribution is 5.88. The Morgan fingerprint density at radius 1 is 1.37 bits per heavy atom. The van der Waals surface area contributed by atoms with E-state index in [1.165, 1.54) is 19.8 Å². The number of nitrogens with one attached hydrogen (secondary N) is 3. The predicted octanol–water partition coefficient (Wildman–Crippen LogP) is 2.59. The van der Waals surface area contributed by atoms with Crippen molar-refractivity contribution in [2.75, 3.05) is 17.2 Å². The molecule has 1 aliphatic heterocycles. The number of carbonyl (C=O) groups is 1. The molecule has 2 unspecified atom stereocenters. The van der Waals surface area contributed by atoms with Crippen molar-refractivity contribution in [2.24, 2.45) is 0 Å². The smallest absolute Gasteiger partial charge is 0.221 e. The molecule has 2 atom stereocenters. The number of benzene rings is 1. The van der Waals surface area contributed by atoms with Crippen LogP contribution >= 0.6 is 0 Å². The Labute approximate surface area is 115 Å². The SMILES string of the molecule is CC(=O)Nc1ccc(NC(C)CC2CCCN2)cc1. The second-order valence-corrected chi connectivity index (χ2v) is 5.33. The normalized spacial score (nSPS) is 20.0. The number of hydrogen-bond donors (Lipinski definition) is 3. The summed E-state index contributed by atoms with van der Waals surface area (Å²) in [6.45, 7) is 4.88. The minimum absolute atomic E-state index is 0.0404. The number of amides is 1. The van der Waals surface area contributed by atoms with Gasteiger partial charge in [0.15, 0.2) is 0 Å². The Morgan fingerprint density at radius 2 is 2.05 bits per heavy atom. The molecule has 1 saturated heterocycles. The Morgan fingerprint density at radius 3 is 2.63 bits per heavy atom. The van der Waals surface area contributed by atoms with Crippen LogP contribution in [0.5, 0.6) is 0 Å². The van der Waals surface area contributed by atoms with Crippen molar-refractivity contribution in [1.29, 1.82) is 0 Å². The lowest BCUT2D eigenvalue weighted by Crippen LogP contribution is -2.29. The molecule has 4 nitrogen and oxygen atoms in total. The van der Waals surface area contributed by atoms with Gasteiger partial charge in [-0.25, -0.2) is 0 Å². The zero-order valence-electron chi connectivity index (χ0n) is 11.7. The zero-order chi connectivity index (χ0) is 13.7. The van der Waals surface area contributed by atoms with Crippen molar-refractivity contribution < 1.29 is 4.79 Å². The summed E-state index contributed by atoms with van der Waals surface area (Å²) in [6, 6.07) is 8.95. The molecule has 2 rings (SSSR count). The van der Waals surface area contributed by atoms with Gasteiger partial charge in [0.2, 0.25) is 5.91 Å². The van der Waals surface area contributed by atoms with E-state index in [1.54, 1.807) is 0 Å². The molecule has 1 aromatic rings. The summed E-state index contributed by atoms with van der Waals surface area (Å²) in [6.07, 6.45) is 3.73. The molecule has 4 heteroatoms. The van der Waals surface area contributed by atoms with Crippen molar-refractivity contribution in [3.05, 3.63) is 24.3 Å². The molecule has 0 aromatic heterocycles. The van der Waals surface area contributed by atoms with Crippen LogP contribution in [0.25, 0.3) is 0 Å². The summed E-state index contributed by atoms with van der Waals surface area (Å²) >= 11 is 0. The van der Waals surface area contributed by atoms with Gasteiger partial charge in [0.05, 0.1) is 0 Å². The van der Waals surface area contributed by atoms with E-state index in [4.69, 9.17) is 0 Å². The van der Waals surface area contributed by atoms with E-state index in [0.717, 1.165) is 24.3 Å². The van der Waals surface area contributed by atoms with Crippen LogP contribution in [0.4, 0.5) is 11.4 Å². The first kappa shape index (κ1) is 13.9. The summed E-state index contributed by atoms with van der Waals surface area (Å²) in [7, 11) is 0. The number of carbonyl (C=O) groups excluding carboxylic acids is 1. The van der Waals surface area contributed by atoms with Crippen molar-refractivity contribution in [3.8, 4) is 0 Å². The summed E-state index contributed by atoms with van der Waals surface area (Å²) in [5, 5.41) is 9.78. The lowest BCUT2D eigenvalue weighted by Gasteiger charge is -2.19. The van der Waals surface area contributed by atoms with Gasteiger partial charge < -0.3 is 16.0 Å². The second kappa shape index (κ2) is 6.57. The molecular formula is C15H23N3O. The molecular weight excluding hydrogens is 238 g/mol. The Hall–Kier alpha value is -1.55. The maximum atomic E-state index is 10.9. The standard InChI is InChI=1S/C15H23N3O/c1-11(10-15-4-3-9-16-15)17-13-5-7-14(8-6-13)18-12(2)19/h5-8,11,15-17H,3-4,9-10H2,1-2H3,(H,18,19). The van der Waals surface area contributed by atoms with E-state index >= 15 is 0 Å². The number of hydrogen-bond acceptors (Lipinski definition) is 3. The lowest BCUT2D eigenvalue weighted by molar-refractivity contribution is -0.114. The van der Waals surface area contributed by atoms with E-state index in [9.17, 15) is 4.79 Å². The molecule has 3 N–H and O–H groups in total. The van der Waals surface area contributed by atoms with Gasteiger partial charge >= 0.3 is 0 Å². The van der Waals surface area contributed by atoms with Crippen molar-refractivity contribution in [1.82, 2.24) is 5.32 Å². The Balaban J connectivity index is 1.82. The predicted molar refractivity (Wildman–Crippen MR) is 79.5 cm³/mol. The Bertz CT molecular complexity index is 410. The van der Waals surface area contributed by atoms with Crippen molar-refractivity contribution in [3.63, 3.8) is 0 Å². The third-order valence-corrected chi connectivity index (χ3v) is 3.42. The summed E-state index contributed by atoms with van der Waals surface area (Å²) in [4.78, 5) is 10.9. The Kier molecular flexibility index (Phi) is 4.80. The minimum Gasteiger partial charge on any atom is -0.383 e. The summed E-state index contributed by atoms with van der Waals surface area (Å²) in [5.41, 5.74) is 1.93. The van der Waals surface area contributed by atoms with Gasteiger partial charge in [-0.3, -0.25) is 4.79 Å². The summed E-state index contributed by atoms with van der Waals surface area (Å²) in [5.74, 6) is -0.0404. The second-order valence-electron chi connectivity index (χ2n) is 5.33. The fraction of sp³-hybridized carbons (Fsp3) is 0.533. The van der Waals surface area contributed by atoms with E-state index in [2.05, 4.69) is 22.9 Å². The van der Waals surface area contributed by atoms with Crippen molar-refractivity contribution >= 4 is 17.3 Å². The van der Waals surface area contributed by atoms with Crippen LogP contribution in [0.3, 0.4) is 0 Å². The van der Waals surface area contributed by atoms with E-state index in [0.29, 0.717) is 12.1 Å². The summed E-state index contributed by atoms with van der Waals surface area (Å²) < 4.78 is 0. The monoisotopic (exact) mass is 261 g/mol. The number of rotatable bonds is 5. The number of anilines is 2. The maximum Gasteiger partial charge on any atom is 0.221 e. The van der Waals surface area contributed by atoms with Crippen LogP contribution in [0.15, 0.2) is 24.3 Å². The molecule has 19 heavy (non-hydrogen) atoms. The third kappa shape index (κ3) is 4.56. The molecule has 1 aromatic carbocycles. The van der Waals surface area contributed by atoms with E-state index in [1.807, 2.05) is 24.3 Å². The largest absolute Gasteiger partial charge is 0.383 e. The fourth-order valence-corrected chi connectivity index (χ4v) is 2.58. The molecule has 0 spiro atoms. The highest BCUT2D eigenvalue weighted by Gasteiger charge is 2.16. The average molecular weight is 261 g/mol. The lowest BCUT2D eigenvalue weighted by atomic mass is 10.1. The molecule has 0 radical (unpaired) electrons. The first-order chi connectivity index (χ1) is 9.13. The van der Waals surface area contributed by atoms with E-state index < -0.39 is 0 Å². The topological polar surface area (TPSA) is 53.2 Å². The first-order valence-corrected chi connectivity index (χ1v) is 7.01. The zero-order valence-corrected chi connectivity index (χ0v) is 11.7. The van der Waals surface area contributed by atoms with Gasteiger partial charge in [0.25, 0.3) is 0 Å². The molecule has 1 aliphatic rings. The van der Waals surface area contributed by atoms with Gasteiger partial charge in [-0.2, -0.15) is 0 Å². The molecule has 0 bridgehead atoms. The van der Waals surface area contributed by atoms with Crippen LogP contribution < -0.4 is 16.0 Å².